The first-order chi connectivity index (χ1) is 9.19. The number of sulfone groups is 1. The van der Waals surface area contributed by atoms with Crippen LogP contribution in [0.25, 0.3) is 0 Å². The highest BCUT2D eigenvalue weighted by Crippen LogP contribution is 2.13. The van der Waals surface area contributed by atoms with Crippen molar-refractivity contribution in [2.45, 2.75) is 18.7 Å². The lowest BCUT2D eigenvalue weighted by Crippen LogP contribution is -2.41. The maximum absolute atomic E-state index is 11.8. The fraction of sp³-hybridized carbons (Fsp3) is 0.333. The molecule has 8 heteroatoms. The van der Waals surface area contributed by atoms with Gasteiger partial charge >= 0.3 is 5.97 Å². The monoisotopic (exact) mass is 363 g/mol. The molecule has 6 nitrogen and oxygen atoms in total. The lowest BCUT2D eigenvalue weighted by molar-refractivity contribution is -0.140. The Morgan fingerprint density at radius 1 is 1.30 bits per heavy atom. The Morgan fingerprint density at radius 2 is 1.85 bits per heavy atom. The number of amides is 1. The third kappa shape index (κ3) is 5.70. The molecule has 110 valence electrons. The van der Waals surface area contributed by atoms with Crippen LogP contribution in [0.15, 0.2) is 28.7 Å². The molecule has 2 N–H and O–H groups in total. The number of nitrogens with one attached hydrogen (secondary N) is 1. The summed E-state index contributed by atoms with van der Waals surface area (Å²) in [6.07, 6.45) is 0. The standard InChI is InChI=1S/C12H14BrNO5S/c1-8(12(16)17)14-11(15)7-20(18,19)6-9-2-4-10(13)5-3-9/h2-5,8H,6-7H2,1H3,(H,14,15)(H,16,17)/t8-/m0/s1. The highest BCUT2D eigenvalue weighted by Gasteiger charge is 2.20. The van der Waals surface area contributed by atoms with Gasteiger partial charge in [0.15, 0.2) is 9.84 Å². The van der Waals surface area contributed by atoms with Crippen LogP contribution in [0.5, 0.6) is 0 Å². The Morgan fingerprint density at radius 3 is 2.35 bits per heavy atom. The molecule has 0 bridgehead atoms. The molecule has 0 aliphatic heterocycles. The number of hydrogen-bond donors (Lipinski definition) is 2. The van der Waals surface area contributed by atoms with Crippen LogP contribution in [0.4, 0.5) is 0 Å². The van der Waals surface area contributed by atoms with Gasteiger partial charge in [-0.25, -0.2) is 8.42 Å². The molecule has 0 fully saturated rings. The van der Waals surface area contributed by atoms with Crippen molar-refractivity contribution < 1.29 is 23.1 Å². The number of rotatable bonds is 6. The summed E-state index contributed by atoms with van der Waals surface area (Å²) < 4.78 is 24.5. The van der Waals surface area contributed by atoms with Crippen LogP contribution in [-0.4, -0.2) is 37.2 Å². The van der Waals surface area contributed by atoms with Crippen molar-refractivity contribution in [3.63, 3.8) is 0 Å². The molecule has 0 saturated carbocycles. The zero-order valence-electron chi connectivity index (χ0n) is 10.7. The SMILES string of the molecule is C[C@H](NC(=O)CS(=O)(=O)Cc1ccc(Br)cc1)C(=O)O. The fourth-order valence-electron chi connectivity index (χ4n) is 1.43. The minimum absolute atomic E-state index is 0.269. The van der Waals surface area contributed by atoms with Crippen molar-refractivity contribution in [3.8, 4) is 0 Å². The van der Waals surface area contributed by atoms with Gasteiger partial charge in [0.05, 0.1) is 5.75 Å². The molecular formula is C12H14BrNO5S. The summed E-state index contributed by atoms with van der Waals surface area (Å²) in [5, 5.41) is 10.7. The van der Waals surface area contributed by atoms with Gasteiger partial charge in [-0.2, -0.15) is 0 Å². The zero-order valence-corrected chi connectivity index (χ0v) is 13.1. The molecule has 20 heavy (non-hydrogen) atoms. The second-order valence-corrected chi connectivity index (χ2v) is 7.27. The number of carboxylic acids is 1. The van der Waals surface area contributed by atoms with Gasteiger partial charge in [0.25, 0.3) is 0 Å². The van der Waals surface area contributed by atoms with E-state index < -0.39 is 33.5 Å². The van der Waals surface area contributed by atoms with Crippen molar-refractivity contribution in [2.75, 3.05) is 5.75 Å². The predicted octanol–water partition coefficient (Wildman–Crippen LogP) is 0.953. The summed E-state index contributed by atoms with van der Waals surface area (Å²) in [7, 11) is -3.64. The van der Waals surface area contributed by atoms with Crippen molar-refractivity contribution >= 4 is 37.6 Å². The Kier molecular flexibility index (Phi) is 5.70. The van der Waals surface area contributed by atoms with Crippen LogP contribution in [0.3, 0.4) is 0 Å². The number of benzene rings is 1. The number of hydrogen-bond acceptors (Lipinski definition) is 4. The summed E-state index contributed by atoms with van der Waals surface area (Å²) in [4.78, 5) is 22.0. The maximum atomic E-state index is 11.8. The van der Waals surface area contributed by atoms with Crippen molar-refractivity contribution in [1.29, 1.82) is 0 Å². The summed E-state index contributed by atoms with van der Waals surface area (Å²) >= 11 is 3.24. The molecule has 1 amide bonds. The highest BCUT2D eigenvalue weighted by molar-refractivity contribution is 9.10. The smallest absolute Gasteiger partial charge is 0.325 e. The van der Waals surface area contributed by atoms with E-state index >= 15 is 0 Å². The minimum Gasteiger partial charge on any atom is -0.480 e. The maximum Gasteiger partial charge on any atom is 0.325 e. The third-order valence-electron chi connectivity index (χ3n) is 2.40. The second-order valence-electron chi connectivity index (χ2n) is 4.29. The molecule has 0 spiro atoms. The van der Waals surface area contributed by atoms with Gasteiger partial charge in [-0.3, -0.25) is 9.59 Å². The van der Waals surface area contributed by atoms with Gasteiger partial charge in [0.1, 0.15) is 11.8 Å². The molecule has 0 radical (unpaired) electrons. The van der Waals surface area contributed by atoms with E-state index in [1.54, 1.807) is 24.3 Å². The Balaban J connectivity index is 2.63. The van der Waals surface area contributed by atoms with E-state index in [-0.39, 0.29) is 5.75 Å². The van der Waals surface area contributed by atoms with E-state index in [4.69, 9.17) is 5.11 Å². The first-order valence-electron chi connectivity index (χ1n) is 5.66. The number of carboxylic acid groups (broad SMARTS) is 1. The lowest BCUT2D eigenvalue weighted by atomic mass is 10.2. The number of aliphatic carboxylic acids is 1. The van der Waals surface area contributed by atoms with Gasteiger partial charge in [0, 0.05) is 4.47 Å². The number of carbonyl (C=O) groups is 2. The average molecular weight is 364 g/mol. The molecule has 0 aliphatic rings. The lowest BCUT2D eigenvalue weighted by Gasteiger charge is -2.09. The van der Waals surface area contributed by atoms with Crippen molar-refractivity contribution in [3.05, 3.63) is 34.3 Å². The van der Waals surface area contributed by atoms with Gasteiger partial charge in [-0.1, -0.05) is 28.1 Å². The normalized spacial score (nSPS) is 12.7. The highest BCUT2D eigenvalue weighted by atomic mass is 79.9. The van der Waals surface area contributed by atoms with Crippen LogP contribution in [-0.2, 0) is 25.2 Å². The summed E-state index contributed by atoms with van der Waals surface area (Å²) in [6, 6.07) is 5.57. The number of carbonyl (C=O) groups excluding carboxylic acids is 1. The fourth-order valence-corrected chi connectivity index (χ4v) is 2.98. The molecule has 0 unspecified atom stereocenters. The molecule has 0 saturated heterocycles. The van der Waals surface area contributed by atoms with Gasteiger partial charge in [0.2, 0.25) is 5.91 Å². The predicted molar refractivity (Wildman–Crippen MR) is 76.9 cm³/mol. The summed E-state index contributed by atoms with van der Waals surface area (Å²) in [5.41, 5.74) is 0.562. The largest absolute Gasteiger partial charge is 0.480 e. The zero-order chi connectivity index (χ0) is 15.3. The van der Waals surface area contributed by atoms with Gasteiger partial charge in [-0.15, -0.1) is 0 Å². The van der Waals surface area contributed by atoms with Crippen LogP contribution in [0.1, 0.15) is 12.5 Å². The van der Waals surface area contributed by atoms with Crippen molar-refractivity contribution in [2.24, 2.45) is 0 Å². The van der Waals surface area contributed by atoms with Crippen LogP contribution < -0.4 is 5.32 Å². The summed E-state index contributed by atoms with van der Waals surface area (Å²) in [6.45, 7) is 1.27. The molecule has 1 aromatic rings. The van der Waals surface area contributed by atoms with Gasteiger partial charge < -0.3 is 10.4 Å². The van der Waals surface area contributed by atoms with E-state index in [0.717, 1.165) is 4.47 Å². The minimum atomic E-state index is -3.64. The molecule has 0 heterocycles. The third-order valence-corrected chi connectivity index (χ3v) is 4.40. The van der Waals surface area contributed by atoms with E-state index in [0.29, 0.717) is 5.56 Å². The van der Waals surface area contributed by atoms with Gasteiger partial charge in [-0.05, 0) is 24.6 Å². The van der Waals surface area contributed by atoms with E-state index in [2.05, 4.69) is 21.2 Å². The number of halogens is 1. The van der Waals surface area contributed by atoms with E-state index in [1.807, 2.05) is 0 Å². The van der Waals surface area contributed by atoms with Crippen LogP contribution in [0, 0.1) is 0 Å². The molecule has 1 atom stereocenters. The Hall–Kier alpha value is -1.41. The molecule has 0 aliphatic carbocycles. The Bertz CT molecular complexity index is 597. The first kappa shape index (κ1) is 16.6. The van der Waals surface area contributed by atoms with E-state index in [9.17, 15) is 18.0 Å². The molecule has 0 aromatic heterocycles. The summed E-state index contributed by atoms with van der Waals surface area (Å²) in [5.74, 6) is -3.05. The van der Waals surface area contributed by atoms with Crippen molar-refractivity contribution in [1.82, 2.24) is 5.32 Å². The first-order valence-corrected chi connectivity index (χ1v) is 8.28. The quantitative estimate of drug-likeness (QED) is 0.783. The second kappa shape index (κ2) is 6.85. The average Bonchev–Trinajstić information content (AvgIpc) is 2.30. The van der Waals surface area contributed by atoms with Crippen LogP contribution in [0.2, 0.25) is 0 Å². The van der Waals surface area contributed by atoms with Crippen LogP contribution >= 0.6 is 15.9 Å². The molecule has 1 aromatic carbocycles. The Labute approximate surface area is 125 Å². The molecule has 1 rings (SSSR count). The van der Waals surface area contributed by atoms with E-state index in [1.165, 1.54) is 6.92 Å². The molecular weight excluding hydrogens is 350 g/mol. The topological polar surface area (TPSA) is 101 Å².